The Kier molecular flexibility index (Phi) is 3.82. The highest BCUT2D eigenvalue weighted by Crippen LogP contribution is 2.19. The van der Waals surface area contributed by atoms with Crippen molar-refractivity contribution in [2.45, 2.75) is 6.54 Å². The van der Waals surface area contributed by atoms with E-state index in [0.29, 0.717) is 23.0 Å². The molecule has 3 aromatic rings. The normalized spacial score (nSPS) is 10.4. The number of fused-ring (bicyclic) bond motifs is 1. The number of carbonyl (C=O) groups excluding carboxylic acids is 1. The molecule has 0 saturated heterocycles. The molecule has 0 radical (unpaired) electrons. The van der Waals surface area contributed by atoms with Gasteiger partial charge in [0.15, 0.2) is 5.65 Å². The molecular weight excluding hydrogens is 284 g/mol. The second kappa shape index (κ2) is 6.08. The molecular formula is C14H14N6O2. The molecule has 0 unspecified atom stereocenters. The van der Waals surface area contributed by atoms with Gasteiger partial charge in [0, 0.05) is 12.4 Å². The molecule has 3 N–H and O–H groups in total. The molecule has 3 rings (SSSR count). The minimum Gasteiger partial charge on any atom is -0.480 e. The number of nitrogens with zero attached hydrogens (tertiary/aromatic N) is 3. The van der Waals surface area contributed by atoms with Crippen molar-refractivity contribution < 1.29 is 9.53 Å². The van der Waals surface area contributed by atoms with Gasteiger partial charge in [0.25, 0.3) is 0 Å². The van der Waals surface area contributed by atoms with Crippen LogP contribution in [0, 0.1) is 0 Å². The summed E-state index contributed by atoms with van der Waals surface area (Å²) in [7, 11) is 1.49. The summed E-state index contributed by atoms with van der Waals surface area (Å²) >= 11 is 0. The highest BCUT2D eigenvalue weighted by molar-refractivity contribution is 5.90. The number of urea groups is 1. The molecule has 0 atom stereocenters. The van der Waals surface area contributed by atoms with Crippen LogP contribution in [0.2, 0.25) is 0 Å². The number of carbonyl (C=O) groups is 1. The number of hydrogen-bond donors (Lipinski definition) is 3. The van der Waals surface area contributed by atoms with Gasteiger partial charge < -0.3 is 20.4 Å². The Bertz CT molecular complexity index is 768. The molecule has 2 amide bonds. The van der Waals surface area contributed by atoms with Crippen molar-refractivity contribution in [3.05, 3.63) is 42.5 Å². The summed E-state index contributed by atoms with van der Waals surface area (Å²) in [6.45, 7) is 0.255. The van der Waals surface area contributed by atoms with Crippen LogP contribution in [0.25, 0.3) is 11.2 Å². The Labute approximate surface area is 126 Å². The lowest BCUT2D eigenvalue weighted by Crippen LogP contribution is -2.28. The fourth-order valence-electron chi connectivity index (χ4n) is 1.96. The van der Waals surface area contributed by atoms with Gasteiger partial charge in [0.05, 0.1) is 19.2 Å². The van der Waals surface area contributed by atoms with Crippen molar-refractivity contribution >= 4 is 22.9 Å². The number of amides is 2. The zero-order valence-electron chi connectivity index (χ0n) is 11.8. The molecule has 3 aromatic heterocycles. The van der Waals surface area contributed by atoms with Crippen LogP contribution < -0.4 is 15.4 Å². The molecule has 0 fully saturated rings. The molecule has 22 heavy (non-hydrogen) atoms. The number of rotatable bonds is 4. The predicted octanol–water partition coefficient (Wildman–Crippen LogP) is 1.68. The van der Waals surface area contributed by atoms with Crippen molar-refractivity contribution in [1.29, 1.82) is 0 Å². The van der Waals surface area contributed by atoms with Crippen molar-refractivity contribution in [1.82, 2.24) is 25.3 Å². The van der Waals surface area contributed by atoms with Crippen molar-refractivity contribution in [3.8, 4) is 5.88 Å². The first kappa shape index (κ1) is 13.8. The Morgan fingerprint density at radius 1 is 1.27 bits per heavy atom. The second-order valence-corrected chi connectivity index (χ2v) is 4.43. The molecule has 0 aliphatic heterocycles. The lowest BCUT2D eigenvalue weighted by Gasteiger charge is -2.09. The van der Waals surface area contributed by atoms with Crippen LogP contribution in [0.5, 0.6) is 5.88 Å². The predicted molar refractivity (Wildman–Crippen MR) is 80.5 cm³/mol. The summed E-state index contributed by atoms with van der Waals surface area (Å²) in [5.74, 6) is 0.979. The molecule has 8 heteroatoms. The quantitative estimate of drug-likeness (QED) is 0.679. The smallest absolute Gasteiger partial charge is 0.319 e. The van der Waals surface area contributed by atoms with Crippen LogP contribution in [-0.4, -0.2) is 33.1 Å². The molecule has 3 heterocycles. The lowest BCUT2D eigenvalue weighted by atomic mass is 10.4. The fourth-order valence-corrected chi connectivity index (χ4v) is 1.96. The Hall–Kier alpha value is -3.16. The van der Waals surface area contributed by atoms with Gasteiger partial charge in [-0.25, -0.2) is 19.7 Å². The van der Waals surface area contributed by atoms with Crippen LogP contribution in [0.4, 0.5) is 10.5 Å². The van der Waals surface area contributed by atoms with E-state index in [9.17, 15) is 4.79 Å². The van der Waals surface area contributed by atoms with Gasteiger partial charge in [0.2, 0.25) is 5.88 Å². The third kappa shape index (κ3) is 2.95. The number of H-pyrrole nitrogens is 1. The van der Waals surface area contributed by atoms with Crippen molar-refractivity contribution in [3.63, 3.8) is 0 Å². The molecule has 0 spiro atoms. The van der Waals surface area contributed by atoms with E-state index in [2.05, 4.69) is 30.6 Å². The van der Waals surface area contributed by atoms with Gasteiger partial charge in [-0.2, -0.15) is 0 Å². The average molecular weight is 298 g/mol. The van der Waals surface area contributed by atoms with Crippen molar-refractivity contribution in [2.75, 3.05) is 12.4 Å². The van der Waals surface area contributed by atoms with Gasteiger partial charge in [-0.3, -0.25) is 0 Å². The average Bonchev–Trinajstić information content (AvgIpc) is 2.96. The molecule has 0 aliphatic carbocycles. The number of hydrogen-bond acceptors (Lipinski definition) is 5. The second-order valence-electron chi connectivity index (χ2n) is 4.43. The Morgan fingerprint density at radius 2 is 2.09 bits per heavy atom. The largest absolute Gasteiger partial charge is 0.480 e. The molecule has 0 aromatic carbocycles. The van der Waals surface area contributed by atoms with Crippen molar-refractivity contribution in [2.24, 2.45) is 0 Å². The summed E-state index contributed by atoms with van der Waals surface area (Å²) in [4.78, 5) is 27.4. The number of anilines is 1. The minimum absolute atomic E-state index is 0.255. The molecule has 0 aliphatic rings. The van der Waals surface area contributed by atoms with Gasteiger partial charge >= 0.3 is 6.03 Å². The third-order valence-electron chi connectivity index (χ3n) is 2.94. The minimum atomic E-state index is -0.375. The van der Waals surface area contributed by atoms with Crippen LogP contribution in [0.15, 0.2) is 36.7 Å². The molecule has 8 nitrogen and oxygen atoms in total. The zero-order chi connectivity index (χ0) is 15.4. The van der Waals surface area contributed by atoms with E-state index in [4.69, 9.17) is 4.74 Å². The monoisotopic (exact) mass is 298 g/mol. The summed E-state index contributed by atoms with van der Waals surface area (Å²) in [5.41, 5.74) is 1.94. The number of imidazole rings is 1. The van der Waals surface area contributed by atoms with E-state index in [-0.39, 0.29) is 12.6 Å². The molecule has 0 saturated carbocycles. The summed E-state index contributed by atoms with van der Waals surface area (Å²) < 4.78 is 5.07. The maximum absolute atomic E-state index is 11.9. The number of pyridine rings is 2. The number of nitrogens with one attached hydrogen (secondary N) is 3. The summed E-state index contributed by atoms with van der Waals surface area (Å²) in [6, 6.07) is 6.73. The zero-order valence-corrected chi connectivity index (χ0v) is 11.8. The van der Waals surface area contributed by atoms with Gasteiger partial charge in [0.1, 0.15) is 11.5 Å². The first-order valence-corrected chi connectivity index (χ1v) is 6.60. The lowest BCUT2D eigenvalue weighted by molar-refractivity contribution is 0.251. The number of aromatic nitrogens is 4. The van der Waals surface area contributed by atoms with Gasteiger partial charge in [-0.15, -0.1) is 0 Å². The third-order valence-corrected chi connectivity index (χ3v) is 2.94. The SMILES string of the molecule is COc1ncccc1NC(=O)NCc1nc2ncccc2[nH]1. The van der Waals surface area contributed by atoms with E-state index >= 15 is 0 Å². The highest BCUT2D eigenvalue weighted by atomic mass is 16.5. The van der Waals surface area contributed by atoms with Crippen LogP contribution in [-0.2, 0) is 6.54 Å². The highest BCUT2D eigenvalue weighted by Gasteiger charge is 2.09. The van der Waals surface area contributed by atoms with E-state index in [1.807, 2.05) is 12.1 Å². The van der Waals surface area contributed by atoms with E-state index in [0.717, 1.165) is 5.52 Å². The number of aromatic amines is 1. The van der Waals surface area contributed by atoms with E-state index in [1.54, 1.807) is 24.5 Å². The molecule has 112 valence electrons. The first-order valence-electron chi connectivity index (χ1n) is 6.60. The van der Waals surface area contributed by atoms with Gasteiger partial charge in [-0.1, -0.05) is 0 Å². The summed E-state index contributed by atoms with van der Waals surface area (Å²) in [5, 5.41) is 5.38. The maximum atomic E-state index is 11.9. The van der Waals surface area contributed by atoms with E-state index in [1.165, 1.54) is 7.11 Å². The number of ether oxygens (including phenoxy) is 1. The fraction of sp³-hybridized carbons (Fsp3) is 0.143. The van der Waals surface area contributed by atoms with Gasteiger partial charge in [-0.05, 0) is 24.3 Å². The van der Waals surface area contributed by atoms with E-state index < -0.39 is 0 Å². The standard InChI is InChI=1S/C14H14N6O2/c1-22-13-10(5-3-7-16-13)19-14(21)17-8-11-18-9-4-2-6-15-12(9)20-11/h2-7H,8H2,1H3,(H,15,18,20)(H2,17,19,21). The van der Waals surface area contributed by atoms with Crippen LogP contribution >= 0.6 is 0 Å². The van der Waals surface area contributed by atoms with Crippen LogP contribution in [0.3, 0.4) is 0 Å². The Morgan fingerprint density at radius 3 is 2.91 bits per heavy atom. The number of methoxy groups -OCH3 is 1. The summed E-state index contributed by atoms with van der Waals surface area (Å²) in [6.07, 6.45) is 3.26. The maximum Gasteiger partial charge on any atom is 0.319 e. The molecule has 0 bridgehead atoms. The Balaban J connectivity index is 1.62. The topological polar surface area (TPSA) is 105 Å². The van der Waals surface area contributed by atoms with Crippen LogP contribution in [0.1, 0.15) is 5.82 Å². The first-order chi connectivity index (χ1) is 10.8.